The van der Waals surface area contributed by atoms with Gasteiger partial charge in [0, 0.05) is 12.1 Å². The van der Waals surface area contributed by atoms with Crippen LogP contribution in [0.25, 0.3) is 6.08 Å². The number of benzene rings is 2. The summed E-state index contributed by atoms with van der Waals surface area (Å²) in [7, 11) is -1.22. The highest BCUT2D eigenvalue weighted by Gasteiger charge is 2.18. The Morgan fingerprint density at radius 3 is 2.25 bits per heavy atom. The first kappa shape index (κ1) is 24.5. The Hall–Kier alpha value is -3.77. The largest absolute Gasteiger partial charge is 0.493 e. The maximum absolute atomic E-state index is 12.4. The molecule has 0 aliphatic heterocycles. The number of ether oxygens (including phenoxy) is 2. The van der Waals surface area contributed by atoms with Crippen molar-refractivity contribution in [1.29, 1.82) is 0 Å². The fraction of sp³-hybridized carbons (Fsp3) is 0.200. The number of aliphatic carboxylic acids is 1. The van der Waals surface area contributed by atoms with Crippen LogP contribution in [0, 0.1) is 10.1 Å². The number of methoxy groups -OCH3 is 2. The van der Waals surface area contributed by atoms with Crippen LogP contribution in [0.3, 0.4) is 0 Å². The summed E-state index contributed by atoms with van der Waals surface area (Å²) in [5, 5.41) is 19.9. The Kier molecular flexibility index (Phi) is 8.04. The van der Waals surface area contributed by atoms with Crippen molar-refractivity contribution in [3.8, 4) is 11.5 Å². The number of nitro benzene ring substituents is 1. The highest BCUT2D eigenvalue weighted by Crippen LogP contribution is 2.35. The van der Waals surface area contributed by atoms with Gasteiger partial charge in [-0.3, -0.25) is 19.7 Å². The lowest BCUT2D eigenvalue weighted by Gasteiger charge is -2.08. The van der Waals surface area contributed by atoms with Crippen molar-refractivity contribution in [2.24, 2.45) is 0 Å². The van der Waals surface area contributed by atoms with Gasteiger partial charge in [0.05, 0.1) is 42.1 Å². The molecule has 0 aliphatic rings. The fourth-order valence-electron chi connectivity index (χ4n) is 2.61. The first-order chi connectivity index (χ1) is 15.1. The number of allylic oxidation sites excluding steroid dienone is 1. The molecule has 0 spiro atoms. The molecule has 0 amide bonds. The van der Waals surface area contributed by atoms with Crippen LogP contribution in [-0.4, -0.2) is 51.0 Å². The van der Waals surface area contributed by atoms with Crippen molar-refractivity contribution in [3.63, 3.8) is 0 Å². The number of carbonyl (C=O) groups excluding carboxylic acids is 1. The van der Waals surface area contributed by atoms with Crippen LogP contribution in [0.4, 0.5) is 5.69 Å². The van der Waals surface area contributed by atoms with Crippen molar-refractivity contribution < 1.29 is 37.5 Å². The third-order valence-electron chi connectivity index (χ3n) is 4.22. The van der Waals surface area contributed by atoms with Gasteiger partial charge in [0.2, 0.25) is 10.0 Å². The first-order valence-corrected chi connectivity index (χ1v) is 10.5. The van der Waals surface area contributed by atoms with E-state index in [0.29, 0.717) is 0 Å². The molecule has 0 saturated carbocycles. The van der Waals surface area contributed by atoms with Gasteiger partial charge in [-0.25, -0.2) is 13.1 Å². The third kappa shape index (κ3) is 6.12. The highest BCUT2D eigenvalue weighted by atomic mass is 32.2. The molecule has 32 heavy (non-hydrogen) atoms. The lowest BCUT2D eigenvalue weighted by molar-refractivity contribution is -0.385. The molecule has 2 aromatic carbocycles. The van der Waals surface area contributed by atoms with Crippen LogP contribution in [0.5, 0.6) is 11.5 Å². The topological polar surface area (TPSA) is 162 Å². The fourth-order valence-corrected chi connectivity index (χ4v) is 3.64. The molecule has 0 radical (unpaired) electrons. The van der Waals surface area contributed by atoms with Gasteiger partial charge >= 0.3 is 5.97 Å². The molecular formula is C20H20N2O9S. The molecule has 0 unspecified atom stereocenters. The second kappa shape index (κ2) is 10.5. The van der Waals surface area contributed by atoms with Crippen LogP contribution in [-0.2, 0) is 14.8 Å². The number of carboxylic acids is 1. The van der Waals surface area contributed by atoms with Gasteiger partial charge in [0.15, 0.2) is 17.3 Å². The Morgan fingerprint density at radius 1 is 1.12 bits per heavy atom. The van der Waals surface area contributed by atoms with Crippen molar-refractivity contribution >= 4 is 33.5 Å². The molecule has 0 heterocycles. The van der Waals surface area contributed by atoms with Crippen LogP contribution < -0.4 is 14.2 Å². The van der Waals surface area contributed by atoms with E-state index in [4.69, 9.17) is 14.6 Å². The van der Waals surface area contributed by atoms with E-state index in [0.717, 1.165) is 6.08 Å². The molecule has 170 valence electrons. The summed E-state index contributed by atoms with van der Waals surface area (Å²) < 4.78 is 36.6. The standard InChI is InChI=1S/C20H20N2O9S/c1-30-18-11-14(16(22(26)27)12-19(18)31-2)5-8-17(23)13-3-6-15(7-4-13)32(28,29)21-10-9-20(24)25/h3-8,11-12,21H,9-10H2,1-2H3,(H,24,25)/b8-5+. The van der Waals surface area contributed by atoms with Crippen molar-refractivity contribution in [2.75, 3.05) is 20.8 Å². The molecule has 0 atom stereocenters. The van der Waals surface area contributed by atoms with E-state index in [9.17, 15) is 28.1 Å². The Labute approximate surface area is 183 Å². The van der Waals surface area contributed by atoms with Crippen LogP contribution >= 0.6 is 0 Å². The zero-order chi connectivity index (χ0) is 23.9. The SMILES string of the molecule is COc1cc(/C=C/C(=O)c2ccc(S(=O)(=O)NCCC(=O)O)cc2)c([N+](=O)[O-])cc1OC. The molecule has 2 aromatic rings. The van der Waals surface area contributed by atoms with Gasteiger partial charge in [-0.1, -0.05) is 0 Å². The molecule has 0 saturated heterocycles. The molecule has 2 N–H and O–H groups in total. The molecule has 0 fully saturated rings. The zero-order valence-corrected chi connectivity index (χ0v) is 17.9. The minimum atomic E-state index is -3.93. The number of sulfonamides is 1. The van der Waals surface area contributed by atoms with E-state index in [2.05, 4.69) is 4.72 Å². The number of carbonyl (C=O) groups is 2. The minimum Gasteiger partial charge on any atom is -0.493 e. The van der Waals surface area contributed by atoms with Gasteiger partial charge in [0.1, 0.15) is 0 Å². The molecule has 0 aliphatic carbocycles. The number of ketones is 1. The van der Waals surface area contributed by atoms with E-state index in [-0.39, 0.29) is 46.2 Å². The Balaban J connectivity index is 2.23. The first-order valence-electron chi connectivity index (χ1n) is 9.03. The van der Waals surface area contributed by atoms with Gasteiger partial charge in [0.25, 0.3) is 5.69 Å². The van der Waals surface area contributed by atoms with Gasteiger partial charge in [-0.2, -0.15) is 0 Å². The van der Waals surface area contributed by atoms with Gasteiger partial charge in [-0.15, -0.1) is 0 Å². The maximum Gasteiger partial charge on any atom is 0.304 e. The molecule has 2 rings (SSSR count). The smallest absolute Gasteiger partial charge is 0.304 e. The Bertz CT molecular complexity index is 1160. The van der Waals surface area contributed by atoms with Crippen molar-refractivity contribution in [3.05, 3.63) is 63.7 Å². The number of carboxylic acid groups (broad SMARTS) is 1. The molecule has 12 heteroatoms. The summed E-state index contributed by atoms with van der Waals surface area (Å²) in [6, 6.07) is 7.49. The average molecular weight is 464 g/mol. The summed E-state index contributed by atoms with van der Waals surface area (Å²) in [6.07, 6.45) is 1.99. The number of nitrogens with one attached hydrogen (secondary N) is 1. The van der Waals surface area contributed by atoms with E-state index >= 15 is 0 Å². The minimum absolute atomic E-state index is 0.114. The second-order valence-electron chi connectivity index (χ2n) is 6.29. The molecule has 0 aromatic heterocycles. The monoisotopic (exact) mass is 464 g/mol. The zero-order valence-electron chi connectivity index (χ0n) is 17.1. The molecule has 0 bridgehead atoms. The summed E-state index contributed by atoms with van der Waals surface area (Å²) in [5.41, 5.74) is -0.0303. The maximum atomic E-state index is 12.4. The lowest BCUT2D eigenvalue weighted by Crippen LogP contribution is -2.26. The second-order valence-corrected chi connectivity index (χ2v) is 8.05. The Morgan fingerprint density at radius 2 is 1.72 bits per heavy atom. The van der Waals surface area contributed by atoms with Crippen LogP contribution in [0.15, 0.2) is 47.4 Å². The summed E-state index contributed by atoms with van der Waals surface area (Å²) >= 11 is 0. The number of hydrogen-bond donors (Lipinski definition) is 2. The van der Waals surface area contributed by atoms with E-state index in [1.54, 1.807) is 0 Å². The lowest BCUT2D eigenvalue weighted by atomic mass is 10.1. The number of nitrogens with zero attached hydrogens (tertiary/aromatic N) is 1. The van der Waals surface area contributed by atoms with Gasteiger partial charge < -0.3 is 14.6 Å². The number of rotatable bonds is 11. The van der Waals surface area contributed by atoms with Crippen LogP contribution in [0.2, 0.25) is 0 Å². The summed E-state index contributed by atoms with van der Waals surface area (Å²) in [5.74, 6) is -1.25. The van der Waals surface area contributed by atoms with Crippen molar-refractivity contribution in [1.82, 2.24) is 4.72 Å². The van der Waals surface area contributed by atoms with E-state index in [1.165, 1.54) is 56.7 Å². The van der Waals surface area contributed by atoms with E-state index < -0.39 is 26.7 Å². The van der Waals surface area contributed by atoms with Crippen LogP contribution in [0.1, 0.15) is 22.3 Å². The number of nitro groups is 1. The summed E-state index contributed by atoms with van der Waals surface area (Å²) in [4.78, 5) is 33.5. The molecular weight excluding hydrogens is 444 g/mol. The molecule has 11 nitrogen and oxygen atoms in total. The quantitative estimate of drug-likeness (QED) is 0.220. The number of hydrogen-bond acceptors (Lipinski definition) is 8. The highest BCUT2D eigenvalue weighted by molar-refractivity contribution is 7.89. The van der Waals surface area contributed by atoms with Crippen molar-refractivity contribution in [2.45, 2.75) is 11.3 Å². The normalized spacial score (nSPS) is 11.3. The average Bonchev–Trinajstić information content (AvgIpc) is 2.76. The van der Waals surface area contributed by atoms with E-state index in [1.807, 2.05) is 0 Å². The summed E-state index contributed by atoms with van der Waals surface area (Å²) in [6.45, 7) is -0.273. The van der Waals surface area contributed by atoms with Gasteiger partial charge in [-0.05, 0) is 42.5 Å². The predicted octanol–water partition coefficient (Wildman–Crippen LogP) is 2.26. The predicted molar refractivity (Wildman–Crippen MR) is 113 cm³/mol. The third-order valence-corrected chi connectivity index (χ3v) is 5.70.